The number of hydrogen-bond donors (Lipinski definition) is 4. The lowest BCUT2D eigenvalue weighted by atomic mass is 9.80. The summed E-state index contributed by atoms with van der Waals surface area (Å²) in [6.45, 7) is 6.60. The van der Waals surface area contributed by atoms with Gasteiger partial charge in [0.1, 0.15) is 18.2 Å². The van der Waals surface area contributed by atoms with Gasteiger partial charge in [-0.1, -0.05) is 69.0 Å². The summed E-state index contributed by atoms with van der Waals surface area (Å²) in [6.07, 6.45) is 4.66. The summed E-state index contributed by atoms with van der Waals surface area (Å²) in [5.41, 5.74) is 4.68. The Kier molecular flexibility index (Phi) is 11.7. The Morgan fingerprint density at radius 1 is 1.00 bits per heavy atom. The standard InChI is InChI=1S/C36H49N3O8/c1-22(30(32(37)41)35(2,3)44)33(42)39-27(34(43)38-26(17-23-11-9-10-12-23)31(40)36(4)21-47-36)18-25-15-16-28(45-5)29(19-25)46-20-24-13-7-6-8-14-24/h6-8,13-16,19,22-23,26-27,30,44H,9-12,17-18,20-21H2,1-5H3,(H2,37,41)(H,38,43)(H,39,42)/t22-,26+,27+,30?,36-/m1/s1. The highest BCUT2D eigenvalue weighted by molar-refractivity contribution is 5.98. The molecule has 2 fully saturated rings. The third-order valence-corrected chi connectivity index (χ3v) is 9.29. The molecular formula is C36H49N3O8. The van der Waals surface area contributed by atoms with Crippen LogP contribution in [0.15, 0.2) is 48.5 Å². The molecule has 0 spiro atoms. The minimum atomic E-state index is -1.58. The highest BCUT2D eigenvalue weighted by Gasteiger charge is 2.50. The van der Waals surface area contributed by atoms with E-state index in [1.165, 1.54) is 27.9 Å². The van der Waals surface area contributed by atoms with Crippen molar-refractivity contribution in [1.82, 2.24) is 10.6 Å². The number of ether oxygens (including phenoxy) is 3. The molecule has 1 saturated carbocycles. The fourth-order valence-corrected chi connectivity index (χ4v) is 6.50. The van der Waals surface area contributed by atoms with Crippen molar-refractivity contribution < 1.29 is 38.5 Å². The second kappa shape index (κ2) is 15.3. The van der Waals surface area contributed by atoms with Crippen LogP contribution in [-0.4, -0.2) is 65.6 Å². The molecule has 5 atom stereocenters. The Balaban J connectivity index is 1.60. The van der Waals surface area contributed by atoms with Gasteiger partial charge < -0.3 is 35.7 Å². The summed E-state index contributed by atoms with van der Waals surface area (Å²) < 4.78 is 17.0. The van der Waals surface area contributed by atoms with Crippen LogP contribution in [0, 0.1) is 17.8 Å². The van der Waals surface area contributed by atoms with Crippen LogP contribution in [0.5, 0.6) is 11.5 Å². The molecule has 11 nitrogen and oxygen atoms in total. The van der Waals surface area contributed by atoms with Crippen LogP contribution in [0.3, 0.4) is 0 Å². The number of aliphatic hydroxyl groups is 1. The molecule has 4 rings (SSSR count). The minimum absolute atomic E-state index is 0.0395. The fourth-order valence-electron chi connectivity index (χ4n) is 6.50. The molecule has 1 saturated heterocycles. The molecule has 11 heteroatoms. The van der Waals surface area contributed by atoms with Crippen LogP contribution < -0.4 is 25.8 Å². The molecule has 1 unspecified atom stereocenters. The lowest BCUT2D eigenvalue weighted by molar-refractivity contribution is -0.142. The van der Waals surface area contributed by atoms with Crippen molar-refractivity contribution in [3.8, 4) is 11.5 Å². The first-order valence-corrected chi connectivity index (χ1v) is 16.4. The topological polar surface area (TPSA) is 170 Å². The van der Waals surface area contributed by atoms with Crippen molar-refractivity contribution in [1.29, 1.82) is 0 Å². The van der Waals surface area contributed by atoms with Gasteiger partial charge in [0, 0.05) is 12.3 Å². The van der Waals surface area contributed by atoms with E-state index < -0.39 is 52.8 Å². The molecule has 256 valence electrons. The van der Waals surface area contributed by atoms with E-state index in [4.69, 9.17) is 19.9 Å². The maximum Gasteiger partial charge on any atom is 0.243 e. The third-order valence-electron chi connectivity index (χ3n) is 9.29. The van der Waals surface area contributed by atoms with Gasteiger partial charge in [0.2, 0.25) is 17.7 Å². The van der Waals surface area contributed by atoms with Crippen LogP contribution in [0.25, 0.3) is 0 Å². The molecule has 0 aromatic heterocycles. The average molecular weight is 652 g/mol. The molecule has 1 aliphatic carbocycles. The number of carbonyl (C=O) groups is 4. The smallest absolute Gasteiger partial charge is 0.243 e. The number of amides is 3. The number of hydrogen-bond acceptors (Lipinski definition) is 8. The third kappa shape index (κ3) is 9.54. The minimum Gasteiger partial charge on any atom is -0.493 e. The molecule has 1 heterocycles. The fraction of sp³-hybridized carbons (Fsp3) is 0.556. The van der Waals surface area contributed by atoms with E-state index in [1.807, 2.05) is 30.3 Å². The van der Waals surface area contributed by atoms with E-state index >= 15 is 0 Å². The molecule has 5 N–H and O–H groups in total. The molecule has 2 aromatic carbocycles. The SMILES string of the molecule is COc1ccc(C[C@H](NC(=O)[C@H](C)C(C(N)=O)C(C)(C)O)C(=O)N[C@@H](CC2CCCC2)C(=O)[C@@]2(C)CO2)cc1OCc1ccccc1. The maximum atomic E-state index is 14.0. The molecule has 2 aliphatic rings. The van der Waals surface area contributed by atoms with Crippen molar-refractivity contribution >= 4 is 23.5 Å². The number of nitrogens with two attached hydrogens (primary N) is 1. The second-order valence-corrected chi connectivity index (χ2v) is 13.7. The van der Waals surface area contributed by atoms with Crippen LogP contribution in [0.4, 0.5) is 0 Å². The zero-order chi connectivity index (χ0) is 34.4. The summed E-state index contributed by atoms with van der Waals surface area (Å²) in [7, 11) is 1.53. The lowest BCUT2D eigenvalue weighted by Gasteiger charge is -2.32. The van der Waals surface area contributed by atoms with Gasteiger partial charge in [0.25, 0.3) is 0 Å². The predicted molar refractivity (Wildman–Crippen MR) is 175 cm³/mol. The van der Waals surface area contributed by atoms with Gasteiger partial charge in [-0.15, -0.1) is 0 Å². The summed E-state index contributed by atoms with van der Waals surface area (Å²) in [4.78, 5) is 53.4. The molecule has 1 aliphatic heterocycles. The van der Waals surface area contributed by atoms with Gasteiger partial charge in [-0.05, 0) is 56.4 Å². The van der Waals surface area contributed by atoms with Crippen LogP contribution >= 0.6 is 0 Å². The van der Waals surface area contributed by atoms with Crippen molar-refractivity contribution in [2.24, 2.45) is 23.5 Å². The number of primary amides is 1. The zero-order valence-corrected chi connectivity index (χ0v) is 28.0. The van der Waals surface area contributed by atoms with Crippen LogP contribution in [0.2, 0.25) is 0 Å². The van der Waals surface area contributed by atoms with E-state index in [0.717, 1.165) is 31.2 Å². The Labute approximate surface area is 276 Å². The van der Waals surface area contributed by atoms with Crippen molar-refractivity contribution in [2.45, 2.75) is 96.1 Å². The normalized spacial score (nSPS) is 20.4. The lowest BCUT2D eigenvalue weighted by Crippen LogP contribution is -2.56. The van der Waals surface area contributed by atoms with Gasteiger partial charge in [-0.3, -0.25) is 19.2 Å². The number of benzene rings is 2. The monoisotopic (exact) mass is 651 g/mol. The molecule has 0 radical (unpaired) electrons. The van der Waals surface area contributed by atoms with E-state index in [-0.39, 0.29) is 18.8 Å². The molecular weight excluding hydrogens is 602 g/mol. The van der Waals surface area contributed by atoms with Gasteiger partial charge in [0.15, 0.2) is 17.3 Å². The van der Waals surface area contributed by atoms with Gasteiger partial charge in [-0.2, -0.15) is 0 Å². The predicted octanol–water partition coefficient (Wildman–Crippen LogP) is 3.23. The maximum absolute atomic E-state index is 14.0. The number of ketones is 1. The van der Waals surface area contributed by atoms with Gasteiger partial charge >= 0.3 is 0 Å². The Morgan fingerprint density at radius 3 is 2.21 bits per heavy atom. The highest BCUT2D eigenvalue weighted by Crippen LogP contribution is 2.34. The first kappa shape index (κ1) is 35.9. The van der Waals surface area contributed by atoms with E-state index in [2.05, 4.69) is 10.6 Å². The average Bonchev–Trinajstić information content (AvgIpc) is 3.56. The number of rotatable bonds is 17. The van der Waals surface area contributed by atoms with Crippen molar-refractivity contribution in [3.63, 3.8) is 0 Å². The van der Waals surface area contributed by atoms with E-state index in [0.29, 0.717) is 36.0 Å². The quantitative estimate of drug-likeness (QED) is 0.189. The molecule has 0 bridgehead atoms. The Morgan fingerprint density at radius 2 is 1.64 bits per heavy atom. The highest BCUT2D eigenvalue weighted by atomic mass is 16.6. The van der Waals surface area contributed by atoms with E-state index in [1.54, 1.807) is 25.1 Å². The number of epoxide rings is 1. The molecule has 47 heavy (non-hydrogen) atoms. The summed E-state index contributed by atoms with van der Waals surface area (Å²) in [6, 6.07) is 13.0. The van der Waals surface area contributed by atoms with Gasteiger partial charge in [-0.25, -0.2) is 0 Å². The Bertz CT molecular complexity index is 1410. The van der Waals surface area contributed by atoms with E-state index in [9.17, 15) is 24.3 Å². The van der Waals surface area contributed by atoms with Crippen molar-refractivity contribution in [2.75, 3.05) is 13.7 Å². The Hall–Kier alpha value is -3.96. The van der Waals surface area contributed by atoms with Crippen molar-refractivity contribution in [3.05, 3.63) is 59.7 Å². The number of Topliss-reactive ketones (excluding diaryl/α,β-unsaturated/α-hetero) is 1. The van der Waals surface area contributed by atoms with Gasteiger partial charge in [0.05, 0.1) is 31.3 Å². The number of methoxy groups -OCH3 is 1. The molecule has 3 amide bonds. The number of carbonyl (C=O) groups excluding carboxylic acids is 4. The van der Waals surface area contributed by atoms with Crippen LogP contribution in [-0.2, 0) is 36.9 Å². The van der Waals surface area contributed by atoms with Crippen LogP contribution in [0.1, 0.15) is 70.9 Å². The first-order valence-electron chi connectivity index (χ1n) is 16.4. The summed E-state index contributed by atoms with van der Waals surface area (Å²) >= 11 is 0. The largest absolute Gasteiger partial charge is 0.493 e. The first-order chi connectivity index (χ1) is 22.2. The molecule has 2 aromatic rings. The zero-order valence-electron chi connectivity index (χ0n) is 28.0. The summed E-state index contributed by atoms with van der Waals surface area (Å²) in [5, 5.41) is 16.3. The summed E-state index contributed by atoms with van der Waals surface area (Å²) in [5.74, 6) is -3.23. The second-order valence-electron chi connectivity index (χ2n) is 13.7. The number of nitrogens with one attached hydrogen (secondary N) is 2.